The molecule has 1 heterocycles. The lowest BCUT2D eigenvalue weighted by Crippen LogP contribution is -2.01. The summed E-state index contributed by atoms with van der Waals surface area (Å²) in [6.07, 6.45) is 0.795. The second kappa shape index (κ2) is 8.31. The van der Waals surface area contributed by atoms with Crippen LogP contribution in [-0.2, 0) is 0 Å². The summed E-state index contributed by atoms with van der Waals surface area (Å²) < 4.78 is 5.82. The quantitative estimate of drug-likeness (QED) is 0.290. The summed E-state index contributed by atoms with van der Waals surface area (Å²) in [4.78, 5) is 9.12. The Balaban J connectivity index is 1.80. The number of hydrogen-bond donors (Lipinski definition) is 3. The van der Waals surface area contributed by atoms with Gasteiger partial charge in [-0.25, -0.2) is 4.98 Å². The summed E-state index contributed by atoms with van der Waals surface area (Å²) in [7, 11) is 0. The molecule has 0 saturated heterocycles. The largest absolute Gasteiger partial charge is 0.508 e. The summed E-state index contributed by atoms with van der Waals surface area (Å²) in [5.41, 5.74) is 1.51. The Hall–Kier alpha value is -4.32. The van der Waals surface area contributed by atoms with E-state index in [1.165, 1.54) is 0 Å². The van der Waals surface area contributed by atoms with Crippen LogP contribution in [0.2, 0.25) is 0 Å². The summed E-state index contributed by atoms with van der Waals surface area (Å²) in [5, 5.41) is 34.9. The van der Waals surface area contributed by atoms with Gasteiger partial charge < -0.3 is 20.1 Å². The molecular formula is C27H22N2O4. The SMILES string of the molecule is CCCOc1cc(-c2cc3ccccc3c3ccccc23)nc(-c2c(O)cc(O)cc2O)n1. The first-order chi connectivity index (χ1) is 16.0. The first-order valence-corrected chi connectivity index (χ1v) is 10.7. The van der Waals surface area contributed by atoms with Crippen molar-refractivity contribution in [2.45, 2.75) is 13.3 Å². The third-order valence-corrected chi connectivity index (χ3v) is 5.51. The van der Waals surface area contributed by atoms with Crippen molar-refractivity contribution in [1.82, 2.24) is 9.97 Å². The summed E-state index contributed by atoms with van der Waals surface area (Å²) in [6, 6.07) is 22.4. The van der Waals surface area contributed by atoms with E-state index in [0.717, 1.165) is 45.7 Å². The van der Waals surface area contributed by atoms with E-state index in [-0.39, 0.29) is 28.6 Å². The molecule has 0 fully saturated rings. The number of phenols is 3. The zero-order valence-electron chi connectivity index (χ0n) is 18.0. The molecule has 0 spiro atoms. The number of nitrogens with zero attached hydrogens (tertiary/aromatic N) is 2. The summed E-state index contributed by atoms with van der Waals surface area (Å²) in [6.45, 7) is 2.46. The van der Waals surface area contributed by atoms with E-state index in [9.17, 15) is 15.3 Å². The fraction of sp³-hybridized carbons (Fsp3) is 0.111. The minimum Gasteiger partial charge on any atom is -0.508 e. The van der Waals surface area contributed by atoms with Gasteiger partial charge in [0.25, 0.3) is 0 Å². The molecule has 0 saturated carbocycles. The Morgan fingerprint density at radius 3 is 2.15 bits per heavy atom. The Morgan fingerprint density at radius 2 is 1.42 bits per heavy atom. The van der Waals surface area contributed by atoms with Crippen LogP contribution in [0.25, 0.3) is 44.2 Å². The monoisotopic (exact) mass is 438 g/mol. The molecule has 3 N–H and O–H groups in total. The van der Waals surface area contributed by atoms with Crippen LogP contribution in [0.5, 0.6) is 23.1 Å². The van der Waals surface area contributed by atoms with E-state index in [1.807, 2.05) is 37.3 Å². The van der Waals surface area contributed by atoms with Crippen molar-refractivity contribution in [1.29, 1.82) is 0 Å². The number of aromatic hydroxyl groups is 3. The molecule has 6 heteroatoms. The molecule has 0 bridgehead atoms. The lowest BCUT2D eigenvalue weighted by Gasteiger charge is -2.14. The van der Waals surface area contributed by atoms with Crippen LogP contribution < -0.4 is 4.74 Å². The van der Waals surface area contributed by atoms with E-state index < -0.39 is 0 Å². The second-order valence-corrected chi connectivity index (χ2v) is 7.81. The average Bonchev–Trinajstić information content (AvgIpc) is 2.81. The van der Waals surface area contributed by atoms with Crippen LogP contribution in [0.4, 0.5) is 0 Å². The Bertz CT molecular complexity index is 1470. The average molecular weight is 438 g/mol. The molecule has 4 aromatic carbocycles. The zero-order valence-corrected chi connectivity index (χ0v) is 18.0. The molecule has 164 valence electrons. The van der Waals surface area contributed by atoms with Gasteiger partial charge in [0.05, 0.1) is 12.3 Å². The summed E-state index contributed by atoms with van der Waals surface area (Å²) >= 11 is 0. The normalized spacial score (nSPS) is 11.2. The van der Waals surface area contributed by atoms with Crippen molar-refractivity contribution in [3.63, 3.8) is 0 Å². The first kappa shape index (κ1) is 20.6. The van der Waals surface area contributed by atoms with E-state index in [4.69, 9.17) is 9.72 Å². The van der Waals surface area contributed by atoms with Gasteiger partial charge in [0.1, 0.15) is 22.8 Å². The molecule has 5 aromatic rings. The lowest BCUT2D eigenvalue weighted by molar-refractivity contribution is 0.305. The smallest absolute Gasteiger partial charge is 0.217 e. The van der Waals surface area contributed by atoms with Crippen molar-refractivity contribution in [3.05, 3.63) is 72.8 Å². The molecular weight excluding hydrogens is 416 g/mol. The van der Waals surface area contributed by atoms with Gasteiger partial charge >= 0.3 is 0 Å². The molecule has 0 unspecified atom stereocenters. The Labute approximate surface area is 190 Å². The lowest BCUT2D eigenvalue weighted by atomic mass is 9.95. The van der Waals surface area contributed by atoms with Crippen molar-refractivity contribution in [2.24, 2.45) is 0 Å². The van der Waals surface area contributed by atoms with Gasteiger partial charge in [0, 0.05) is 23.8 Å². The highest BCUT2D eigenvalue weighted by molar-refractivity contribution is 6.13. The number of phenolic OH excluding ortho intramolecular Hbond substituents is 3. The second-order valence-electron chi connectivity index (χ2n) is 7.81. The topological polar surface area (TPSA) is 95.7 Å². The molecule has 0 aliphatic carbocycles. The van der Waals surface area contributed by atoms with Gasteiger partial charge in [-0.05, 0) is 34.0 Å². The van der Waals surface area contributed by atoms with Crippen LogP contribution >= 0.6 is 0 Å². The number of aromatic nitrogens is 2. The third kappa shape index (κ3) is 3.76. The van der Waals surface area contributed by atoms with Gasteiger partial charge in [-0.15, -0.1) is 0 Å². The maximum absolute atomic E-state index is 10.4. The summed E-state index contributed by atoms with van der Waals surface area (Å²) in [5.74, 6) is -0.469. The van der Waals surface area contributed by atoms with E-state index in [1.54, 1.807) is 6.07 Å². The highest BCUT2D eigenvalue weighted by Gasteiger charge is 2.19. The van der Waals surface area contributed by atoms with Crippen LogP contribution in [0.1, 0.15) is 13.3 Å². The van der Waals surface area contributed by atoms with Gasteiger partial charge in [-0.3, -0.25) is 0 Å². The van der Waals surface area contributed by atoms with Crippen molar-refractivity contribution in [2.75, 3.05) is 6.61 Å². The number of benzene rings is 4. The van der Waals surface area contributed by atoms with Crippen molar-refractivity contribution < 1.29 is 20.1 Å². The molecule has 0 atom stereocenters. The van der Waals surface area contributed by atoms with Crippen LogP contribution in [0.15, 0.2) is 72.8 Å². The standard InChI is InChI=1S/C27H22N2O4/c1-2-11-33-25-15-22(28-27(29-25)26-23(31)13-17(30)14-24(26)32)21-12-16-7-3-4-8-18(16)19-9-5-6-10-20(19)21/h3-10,12-15,30-32H,2,11H2,1H3. The zero-order chi connectivity index (χ0) is 22.9. The number of ether oxygens (including phenoxy) is 1. The van der Waals surface area contributed by atoms with Crippen LogP contribution in [0.3, 0.4) is 0 Å². The number of fused-ring (bicyclic) bond motifs is 3. The predicted octanol–water partition coefficient (Wildman–Crippen LogP) is 6.02. The maximum atomic E-state index is 10.4. The highest BCUT2D eigenvalue weighted by atomic mass is 16.5. The minimum absolute atomic E-state index is 0.0288. The van der Waals surface area contributed by atoms with Crippen LogP contribution in [-0.4, -0.2) is 31.9 Å². The van der Waals surface area contributed by atoms with Gasteiger partial charge in [-0.2, -0.15) is 4.98 Å². The molecule has 1 aromatic heterocycles. The van der Waals surface area contributed by atoms with E-state index in [0.29, 0.717) is 18.2 Å². The van der Waals surface area contributed by atoms with Crippen molar-refractivity contribution >= 4 is 21.5 Å². The molecule has 6 nitrogen and oxygen atoms in total. The fourth-order valence-electron chi connectivity index (χ4n) is 4.05. The third-order valence-electron chi connectivity index (χ3n) is 5.51. The van der Waals surface area contributed by atoms with E-state index in [2.05, 4.69) is 29.2 Å². The Kier molecular flexibility index (Phi) is 5.18. The van der Waals surface area contributed by atoms with Gasteiger partial charge in [0.15, 0.2) is 5.82 Å². The first-order valence-electron chi connectivity index (χ1n) is 10.7. The molecule has 0 aliphatic heterocycles. The molecule has 5 rings (SSSR count). The highest BCUT2D eigenvalue weighted by Crippen LogP contribution is 2.41. The number of rotatable bonds is 5. The van der Waals surface area contributed by atoms with Crippen molar-refractivity contribution in [3.8, 4) is 45.8 Å². The van der Waals surface area contributed by atoms with Crippen LogP contribution in [0, 0.1) is 0 Å². The molecule has 0 amide bonds. The maximum Gasteiger partial charge on any atom is 0.217 e. The molecule has 0 aliphatic rings. The number of hydrogen-bond acceptors (Lipinski definition) is 6. The van der Waals surface area contributed by atoms with Gasteiger partial charge in [0.2, 0.25) is 5.88 Å². The fourth-order valence-corrected chi connectivity index (χ4v) is 4.05. The van der Waals surface area contributed by atoms with E-state index >= 15 is 0 Å². The minimum atomic E-state index is -0.325. The molecule has 0 radical (unpaired) electrons. The predicted molar refractivity (Wildman–Crippen MR) is 129 cm³/mol. The van der Waals surface area contributed by atoms with Gasteiger partial charge in [-0.1, -0.05) is 55.5 Å². The molecule has 33 heavy (non-hydrogen) atoms. The Morgan fingerprint density at radius 1 is 0.758 bits per heavy atom.